The first-order chi connectivity index (χ1) is 10.7. The van der Waals surface area contributed by atoms with Crippen molar-refractivity contribution in [1.29, 1.82) is 0 Å². The first kappa shape index (κ1) is 16.0. The number of carbonyl (C=O) groups excluding carboxylic acids is 1. The molecule has 1 N–H and O–H groups in total. The number of sulfonamides is 1. The van der Waals surface area contributed by atoms with Crippen molar-refractivity contribution >= 4 is 16.1 Å². The van der Waals surface area contributed by atoms with Crippen LogP contribution in [0.4, 0.5) is 18.0 Å². The number of carbonyl (C=O) groups is 1. The van der Waals surface area contributed by atoms with Crippen LogP contribution in [0.25, 0.3) is 0 Å². The van der Waals surface area contributed by atoms with Gasteiger partial charge in [0.2, 0.25) is 0 Å². The van der Waals surface area contributed by atoms with Crippen LogP contribution >= 0.6 is 0 Å². The van der Waals surface area contributed by atoms with Crippen molar-refractivity contribution < 1.29 is 40.6 Å². The van der Waals surface area contributed by atoms with Gasteiger partial charge in [-0.3, -0.25) is 0 Å². The molecule has 0 aromatic heterocycles. The highest BCUT2D eigenvalue weighted by atomic mass is 32.2. The Kier molecular flexibility index (Phi) is 3.73. The molecule has 0 bridgehead atoms. The summed E-state index contributed by atoms with van der Waals surface area (Å²) in [6.45, 7) is 0.951. The molecular weight excluding hydrogens is 343 g/mol. The summed E-state index contributed by atoms with van der Waals surface area (Å²) < 4.78 is 73.9. The molecule has 1 aromatic carbocycles. The Balaban J connectivity index is 1.75. The van der Waals surface area contributed by atoms with E-state index < -0.39 is 21.6 Å². The van der Waals surface area contributed by atoms with Crippen LogP contribution in [0.1, 0.15) is 23.3 Å². The maximum Gasteiger partial charge on any atom is 0.516 e. The van der Waals surface area contributed by atoms with E-state index in [0.717, 1.165) is 4.72 Å². The predicted octanol–water partition coefficient (Wildman–Crippen LogP) is 1.77. The summed E-state index contributed by atoms with van der Waals surface area (Å²) in [5, 5.41) is 0. The monoisotopic (exact) mass is 353 g/mol. The zero-order chi connectivity index (χ0) is 16.8. The molecule has 23 heavy (non-hydrogen) atoms. The Bertz CT molecular complexity index is 709. The molecular formula is C12H10F3NO6S. The number of halogens is 3. The zero-order valence-electron chi connectivity index (χ0n) is 11.3. The standard InChI is InChI=1S/C12H10F3NO6S/c13-12(14,15)23(18,19)16-11(17)22-8-2-6(9-4-20-9)1-7(3-8)10-5-21-10/h1-3,9-10H,4-5H2,(H,16,17). The third-order valence-corrected chi connectivity index (χ3v) is 4.14. The molecule has 126 valence electrons. The van der Waals surface area contributed by atoms with E-state index in [4.69, 9.17) is 9.47 Å². The van der Waals surface area contributed by atoms with Crippen molar-refractivity contribution in [2.75, 3.05) is 13.2 Å². The average Bonchev–Trinajstić information content (AvgIpc) is 3.26. The second kappa shape index (κ2) is 5.35. The van der Waals surface area contributed by atoms with Crippen LogP contribution in [0.5, 0.6) is 5.75 Å². The molecule has 2 heterocycles. The molecule has 0 saturated carbocycles. The lowest BCUT2D eigenvalue weighted by atomic mass is 10.1. The third kappa shape index (κ3) is 3.74. The minimum absolute atomic E-state index is 0.0987. The van der Waals surface area contributed by atoms with E-state index in [1.165, 1.54) is 12.1 Å². The Morgan fingerprint density at radius 1 is 1.13 bits per heavy atom. The van der Waals surface area contributed by atoms with Gasteiger partial charge < -0.3 is 14.2 Å². The Morgan fingerprint density at radius 2 is 1.61 bits per heavy atom. The van der Waals surface area contributed by atoms with E-state index in [1.54, 1.807) is 6.07 Å². The Labute approximate surface area is 128 Å². The van der Waals surface area contributed by atoms with E-state index in [9.17, 15) is 26.4 Å². The Morgan fingerprint density at radius 3 is 2.00 bits per heavy atom. The molecule has 1 aromatic rings. The highest BCUT2D eigenvalue weighted by Gasteiger charge is 2.47. The number of hydrogen-bond acceptors (Lipinski definition) is 6. The van der Waals surface area contributed by atoms with Gasteiger partial charge in [0, 0.05) is 0 Å². The fraction of sp³-hybridized carbons (Fsp3) is 0.417. The highest BCUT2D eigenvalue weighted by Crippen LogP contribution is 2.38. The van der Waals surface area contributed by atoms with Gasteiger partial charge in [0.25, 0.3) is 0 Å². The first-order valence-corrected chi connectivity index (χ1v) is 7.83. The fourth-order valence-electron chi connectivity index (χ4n) is 1.85. The predicted molar refractivity (Wildman–Crippen MR) is 68.0 cm³/mol. The largest absolute Gasteiger partial charge is 0.516 e. The van der Waals surface area contributed by atoms with Crippen LogP contribution in [0.2, 0.25) is 0 Å². The molecule has 2 unspecified atom stereocenters. The van der Waals surface area contributed by atoms with Gasteiger partial charge in [-0.2, -0.15) is 21.6 Å². The fourth-order valence-corrected chi connectivity index (χ4v) is 2.23. The molecule has 2 aliphatic rings. The summed E-state index contributed by atoms with van der Waals surface area (Å²) in [5.74, 6) is -0.0987. The molecule has 2 atom stereocenters. The van der Waals surface area contributed by atoms with Gasteiger partial charge in [-0.25, -0.2) is 9.52 Å². The molecule has 2 saturated heterocycles. The number of hydrogen-bond donors (Lipinski definition) is 1. The van der Waals surface area contributed by atoms with Crippen molar-refractivity contribution in [2.24, 2.45) is 0 Å². The number of benzene rings is 1. The first-order valence-electron chi connectivity index (χ1n) is 6.35. The molecule has 11 heteroatoms. The molecule has 7 nitrogen and oxygen atoms in total. The van der Waals surface area contributed by atoms with E-state index in [2.05, 4.69) is 4.74 Å². The number of amides is 1. The van der Waals surface area contributed by atoms with Crippen LogP contribution in [-0.2, 0) is 19.5 Å². The number of alkyl halides is 3. The van der Waals surface area contributed by atoms with E-state index in [0.29, 0.717) is 24.3 Å². The minimum Gasteiger partial charge on any atom is -0.410 e. The maximum atomic E-state index is 12.2. The number of ether oxygens (including phenoxy) is 3. The summed E-state index contributed by atoms with van der Waals surface area (Å²) in [6.07, 6.45) is -2.12. The normalized spacial score (nSPS) is 23.3. The van der Waals surface area contributed by atoms with E-state index in [1.807, 2.05) is 0 Å². The molecule has 3 rings (SSSR count). The lowest BCUT2D eigenvalue weighted by Gasteiger charge is -2.11. The summed E-state index contributed by atoms with van der Waals surface area (Å²) in [6, 6.07) is 4.55. The maximum absolute atomic E-state index is 12.2. The van der Waals surface area contributed by atoms with Gasteiger partial charge in [-0.05, 0) is 23.3 Å². The Hall–Kier alpha value is -1.85. The van der Waals surface area contributed by atoms with Gasteiger partial charge in [0.05, 0.1) is 13.2 Å². The average molecular weight is 353 g/mol. The van der Waals surface area contributed by atoms with Crippen LogP contribution in [-0.4, -0.2) is 33.2 Å². The second-order valence-electron chi connectivity index (χ2n) is 4.92. The SMILES string of the molecule is O=C(NS(=O)(=O)C(F)(F)F)Oc1cc(C2CO2)cc(C2CO2)c1. The molecule has 2 aliphatic heterocycles. The smallest absolute Gasteiger partial charge is 0.410 e. The summed E-state index contributed by atoms with van der Waals surface area (Å²) in [5.41, 5.74) is -4.28. The quantitative estimate of drug-likeness (QED) is 0.829. The second-order valence-corrected chi connectivity index (χ2v) is 6.59. The molecule has 0 aliphatic carbocycles. The number of rotatable bonds is 4. The molecule has 0 radical (unpaired) electrons. The van der Waals surface area contributed by atoms with Crippen molar-refractivity contribution in [3.8, 4) is 5.75 Å². The van der Waals surface area contributed by atoms with Crippen LogP contribution in [0.3, 0.4) is 0 Å². The summed E-state index contributed by atoms with van der Waals surface area (Å²) >= 11 is 0. The van der Waals surface area contributed by atoms with Gasteiger partial charge in [-0.1, -0.05) is 6.07 Å². The minimum atomic E-state index is -5.82. The van der Waals surface area contributed by atoms with Crippen LogP contribution in [0.15, 0.2) is 18.2 Å². The topological polar surface area (TPSA) is 97.5 Å². The highest BCUT2D eigenvalue weighted by molar-refractivity contribution is 7.90. The molecule has 2 fully saturated rings. The van der Waals surface area contributed by atoms with Gasteiger partial charge in [-0.15, -0.1) is 0 Å². The lowest BCUT2D eigenvalue weighted by Crippen LogP contribution is -2.41. The number of nitrogens with one attached hydrogen (secondary N) is 1. The zero-order valence-corrected chi connectivity index (χ0v) is 12.1. The molecule has 1 amide bonds. The van der Waals surface area contributed by atoms with Crippen molar-refractivity contribution in [1.82, 2.24) is 4.72 Å². The third-order valence-electron chi connectivity index (χ3n) is 3.09. The van der Waals surface area contributed by atoms with E-state index in [-0.39, 0.29) is 18.0 Å². The van der Waals surface area contributed by atoms with Crippen LogP contribution < -0.4 is 9.46 Å². The van der Waals surface area contributed by atoms with Crippen molar-refractivity contribution in [3.05, 3.63) is 29.3 Å². The van der Waals surface area contributed by atoms with Crippen molar-refractivity contribution in [3.63, 3.8) is 0 Å². The van der Waals surface area contributed by atoms with Gasteiger partial charge in [0.15, 0.2) is 0 Å². The van der Waals surface area contributed by atoms with Crippen molar-refractivity contribution in [2.45, 2.75) is 17.7 Å². The van der Waals surface area contributed by atoms with E-state index >= 15 is 0 Å². The van der Waals surface area contributed by atoms with Gasteiger partial charge >= 0.3 is 21.6 Å². The molecule has 0 spiro atoms. The van der Waals surface area contributed by atoms with Gasteiger partial charge in [0.1, 0.15) is 18.0 Å². The summed E-state index contributed by atoms with van der Waals surface area (Å²) in [7, 11) is -5.82. The van der Waals surface area contributed by atoms with Crippen LogP contribution in [0, 0.1) is 0 Å². The number of epoxide rings is 2. The summed E-state index contributed by atoms with van der Waals surface area (Å²) in [4.78, 5) is 11.4. The lowest BCUT2D eigenvalue weighted by molar-refractivity contribution is -0.0446.